The van der Waals surface area contributed by atoms with Crippen LogP contribution in [0.3, 0.4) is 0 Å². The van der Waals surface area contributed by atoms with Gasteiger partial charge in [-0.1, -0.05) is 18.2 Å². The predicted molar refractivity (Wildman–Crippen MR) is 121 cm³/mol. The number of nitrogens with zero attached hydrogens (tertiary/aromatic N) is 1. The van der Waals surface area contributed by atoms with E-state index in [0.29, 0.717) is 24.7 Å². The molecule has 0 aliphatic carbocycles. The summed E-state index contributed by atoms with van der Waals surface area (Å²) < 4.78 is 10.1. The number of rotatable bonds is 9. The Morgan fingerprint density at radius 2 is 1.94 bits per heavy atom. The van der Waals surface area contributed by atoms with E-state index >= 15 is 0 Å². The highest BCUT2D eigenvalue weighted by Crippen LogP contribution is 2.26. The molecule has 8 nitrogen and oxygen atoms in total. The van der Waals surface area contributed by atoms with E-state index in [2.05, 4.69) is 26.9 Å². The molecule has 8 heteroatoms. The highest BCUT2D eigenvalue weighted by Gasteiger charge is 2.23. The molecule has 2 aromatic rings. The van der Waals surface area contributed by atoms with Gasteiger partial charge in [0.25, 0.3) is 0 Å². The van der Waals surface area contributed by atoms with Crippen LogP contribution in [0.2, 0.25) is 0 Å². The van der Waals surface area contributed by atoms with Gasteiger partial charge < -0.3 is 30.3 Å². The Hall–Kier alpha value is -3.26. The van der Waals surface area contributed by atoms with Crippen LogP contribution >= 0.6 is 0 Å². The number of anilines is 2. The number of methoxy groups -OCH3 is 2. The molecule has 0 saturated carbocycles. The maximum Gasteiger partial charge on any atom is 0.315 e. The fraction of sp³-hybridized carbons (Fsp3) is 0.391. The van der Waals surface area contributed by atoms with E-state index in [-0.39, 0.29) is 18.5 Å². The zero-order chi connectivity index (χ0) is 22.1. The molecule has 1 aliphatic rings. The van der Waals surface area contributed by atoms with Gasteiger partial charge in [-0.2, -0.15) is 0 Å². The summed E-state index contributed by atoms with van der Waals surface area (Å²) in [5.74, 6) is 1.03. The van der Waals surface area contributed by atoms with Crippen molar-refractivity contribution in [2.45, 2.75) is 13.0 Å². The Morgan fingerprint density at radius 3 is 2.74 bits per heavy atom. The van der Waals surface area contributed by atoms with Gasteiger partial charge in [-0.3, -0.25) is 4.79 Å². The molecule has 1 saturated heterocycles. The first-order chi connectivity index (χ1) is 15.1. The summed E-state index contributed by atoms with van der Waals surface area (Å²) in [5.41, 5.74) is 2.71. The van der Waals surface area contributed by atoms with E-state index in [4.69, 9.17) is 9.47 Å². The van der Waals surface area contributed by atoms with E-state index in [1.807, 2.05) is 36.4 Å². The third-order valence-corrected chi connectivity index (χ3v) is 5.19. The second-order valence-electron chi connectivity index (χ2n) is 7.55. The smallest absolute Gasteiger partial charge is 0.315 e. The molecule has 0 aromatic heterocycles. The van der Waals surface area contributed by atoms with Crippen LogP contribution in [-0.2, 0) is 16.1 Å². The maximum atomic E-state index is 12.2. The lowest BCUT2D eigenvalue weighted by atomic mass is 10.1. The molecule has 0 bridgehead atoms. The van der Waals surface area contributed by atoms with Gasteiger partial charge in [-0.05, 0) is 42.2 Å². The monoisotopic (exact) mass is 426 g/mol. The van der Waals surface area contributed by atoms with Gasteiger partial charge in [-0.15, -0.1) is 0 Å². The Bertz CT molecular complexity index is 889. The fourth-order valence-electron chi connectivity index (χ4n) is 3.61. The van der Waals surface area contributed by atoms with Gasteiger partial charge >= 0.3 is 6.03 Å². The van der Waals surface area contributed by atoms with E-state index in [1.54, 1.807) is 13.2 Å². The number of carbonyl (C=O) groups is 2. The van der Waals surface area contributed by atoms with Gasteiger partial charge in [0.2, 0.25) is 5.91 Å². The van der Waals surface area contributed by atoms with E-state index in [9.17, 15) is 9.59 Å². The van der Waals surface area contributed by atoms with Gasteiger partial charge in [0.1, 0.15) is 12.4 Å². The third kappa shape index (κ3) is 6.89. The Balaban J connectivity index is 1.40. The number of carbonyl (C=O) groups excluding carboxylic acids is 2. The van der Waals surface area contributed by atoms with Crippen molar-refractivity contribution in [3.05, 3.63) is 54.1 Å². The number of hydrogen-bond donors (Lipinski definition) is 3. The van der Waals surface area contributed by atoms with Crippen molar-refractivity contribution in [1.29, 1.82) is 0 Å². The Kier molecular flexibility index (Phi) is 8.12. The summed E-state index contributed by atoms with van der Waals surface area (Å²) in [5, 5.41) is 8.59. The molecule has 31 heavy (non-hydrogen) atoms. The van der Waals surface area contributed by atoms with Crippen molar-refractivity contribution in [2.24, 2.45) is 5.92 Å². The summed E-state index contributed by atoms with van der Waals surface area (Å²) in [6, 6.07) is 15.2. The predicted octanol–water partition coefficient (Wildman–Crippen LogP) is 2.61. The zero-order valence-corrected chi connectivity index (χ0v) is 18.0. The van der Waals surface area contributed by atoms with Crippen molar-refractivity contribution < 1.29 is 19.1 Å². The average molecular weight is 427 g/mol. The van der Waals surface area contributed by atoms with Crippen LogP contribution in [0.15, 0.2) is 48.5 Å². The molecule has 0 spiro atoms. The van der Waals surface area contributed by atoms with Crippen molar-refractivity contribution in [3.8, 4) is 5.75 Å². The Labute approximate surface area is 182 Å². The van der Waals surface area contributed by atoms with Crippen molar-refractivity contribution in [3.63, 3.8) is 0 Å². The SMILES string of the molecule is COCC(=O)Nc1cccc(CNC(=O)NCC2CCN(c3cccc(OC)c3)C2)c1. The van der Waals surface area contributed by atoms with Crippen LogP contribution in [0.1, 0.15) is 12.0 Å². The molecule has 1 atom stereocenters. The molecule has 2 aromatic carbocycles. The van der Waals surface area contributed by atoms with Gasteiger partial charge in [-0.25, -0.2) is 4.79 Å². The molecular formula is C23H30N4O4. The summed E-state index contributed by atoms with van der Waals surface area (Å²) >= 11 is 0. The summed E-state index contributed by atoms with van der Waals surface area (Å²) in [6.45, 7) is 2.86. The molecule has 1 heterocycles. The molecule has 3 N–H and O–H groups in total. The lowest BCUT2D eigenvalue weighted by Gasteiger charge is -2.19. The van der Waals surface area contributed by atoms with Crippen LogP contribution in [0.5, 0.6) is 5.75 Å². The second kappa shape index (κ2) is 11.2. The molecular weight excluding hydrogens is 396 g/mol. The number of urea groups is 1. The van der Waals surface area contributed by atoms with Crippen molar-refractivity contribution >= 4 is 23.3 Å². The first-order valence-corrected chi connectivity index (χ1v) is 10.4. The fourth-order valence-corrected chi connectivity index (χ4v) is 3.61. The normalized spacial score (nSPS) is 15.4. The highest BCUT2D eigenvalue weighted by molar-refractivity contribution is 5.91. The second-order valence-corrected chi connectivity index (χ2v) is 7.55. The van der Waals surface area contributed by atoms with E-state index in [0.717, 1.165) is 36.5 Å². The summed E-state index contributed by atoms with van der Waals surface area (Å²) in [7, 11) is 3.14. The highest BCUT2D eigenvalue weighted by atomic mass is 16.5. The van der Waals surface area contributed by atoms with Crippen LogP contribution in [-0.4, -0.2) is 52.4 Å². The lowest BCUT2D eigenvalue weighted by Crippen LogP contribution is -2.38. The molecule has 1 fully saturated rings. The standard InChI is InChI=1S/C23H30N4O4/c1-30-16-22(28)26-19-6-3-5-17(11-19)13-24-23(29)25-14-18-9-10-27(15-18)20-7-4-8-21(12-20)31-2/h3-8,11-12,18H,9-10,13-16H2,1-2H3,(H,26,28)(H2,24,25,29). The van der Waals surface area contributed by atoms with Crippen LogP contribution < -0.4 is 25.6 Å². The third-order valence-electron chi connectivity index (χ3n) is 5.19. The number of amides is 3. The van der Waals surface area contributed by atoms with Crippen LogP contribution in [0.25, 0.3) is 0 Å². The number of hydrogen-bond acceptors (Lipinski definition) is 5. The number of nitrogens with one attached hydrogen (secondary N) is 3. The molecule has 1 unspecified atom stereocenters. The average Bonchev–Trinajstić information content (AvgIpc) is 3.26. The van der Waals surface area contributed by atoms with Crippen molar-refractivity contribution in [2.75, 3.05) is 50.7 Å². The first kappa shape index (κ1) is 22.4. The minimum atomic E-state index is -0.218. The maximum absolute atomic E-state index is 12.2. The van der Waals surface area contributed by atoms with Crippen molar-refractivity contribution in [1.82, 2.24) is 10.6 Å². The Morgan fingerprint density at radius 1 is 1.10 bits per heavy atom. The molecule has 1 aliphatic heterocycles. The number of ether oxygens (including phenoxy) is 2. The molecule has 166 valence electrons. The largest absolute Gasteiger partial charge is 0.497 e. The topological polar surface area (TPSA) is 91.9 Å². The molecule has 0 radical (unpaired) electrons. The minimum Gasteiger partial charge on any atom is -0.497 e. The molecule has 3 rings (SSSR count). The van der Waals surface area contributed by atoms with Gasteiger partial charge in [0.15, 0.2) is 0 Å². The molecule has 3 amide bonds. The van der Waals surface area contributed by atoms with E-state index < -0.39 is 0 Å². The summed E-state index contributed by atoms with van der Waals surface area (Å²) in [6.07, 6.45) is 1.03. The van der Waals surface area contributed by atoms with Crippen LogP contribution in [0.4, 0.5) is 16.2 Å². The first-order valence-electron chi connectivity index (χ1n) is 10.4. The quantitative estimate of drug-likeness (QED) is 0.573. The zero-order valence-electron chi connectivity index (χ0n) is 18.0. The van der Waals surface area contributed by atoms with Crippen LogP contribution in [0, 0.1) is 5.92 Å². The number of benzene rings is 2. The minimum absolute atomic E-state index is 0.00129. The van der Waals surface area contributed by atoms with Gasteiger partial charge in [0, 0.05) is 50.7 Å². The van der Waals surface area contributed by atoms with E-state index in [1.165, 1.54) is 7.11 Å². The summed E-state index contributed by atoms with van der Waals surface area (Å²) in [4.78, 5) is 26.2. The van der Waals surface area contributed by atoms with Gasteiger partial charge in [0.05, 0.1) is 7.11 Å². The lowest BCUT2D eigenvalue weighted by molar-refractivity contribution is -0.119.